The molecule has 2 unspecified atom stereocenters. The first-order chi connectivity index (χ1) is 18.0. The van der Waals surface area contributed by atoms with Gasteiger partial charge in [-0.2, -0.15) is 16.8 Å². The molecule has 1 rings (SSSR count). The summed E-state index contributed by atoms with van der Waals surface area (Å²) in [6.07, 6.45) is 18.2. The highest BCUT2D eigenvalue weighted by atomic mass is 32.2. The molecule has 0 aromatic heterocycles. The largest absolute Gasteiger partial charge is 0.296 e. The third-order valence-corrected chi connectivity index (χ3v) is 9.73. The van der Waals surface area contributed by atoms with E-state index in [0.29, 0.717) is 24.3 Å². The molecule has 0 aliphatic rings. The molecule has 0 amide bonds. The van der Waals surface area contributed by atoms with Gasteiger partial charge in [0.1, 0.15) is 9.79 Å². The molecule has 0 spiro atoms. The Morgan fingerprint density at radius 1 is 0.579 bits per heavy atom. The average Bonchev–Trinajstić information content (AvgIpc) is 2.85. The SMILES string of the molecule is CCCCCCC(CCCC)Cc1ccc(S(=O)(=O)O)c(S(=O)(=O)O)c1CC(CCCC)CCCCCC. The van der Waals surface area contributed by atoms with Crippen LogP contribution in [0.1, 0.15) is 142 Å². The van der Waals surface area contributed by atoms with E-state index in [4.69, 9.17) is 0 Å². The van der Waals surface area contributed by atoms with Gasteiger partial charge in [-0.25, -0.2) is 0 Å². The summed E-state index contributed by atoms with van der Waals surface area (Å²) in [5.41, 5.74) is 1.17. The normalized spacial score (nSPS) is 14.1. The van der Waals surface area contributed by atoms with Crippen molar-refractivity contribution < 1.29 is 25.9 Å². The topological polar surface area (TPSA) is 109 Å². The van der Waals surface area contributed by atoms with Crippen LogP contribution in [0, 0.1) is 11.8 Å². The molecule has 0 aliphatic carbocycles. The fourth-order valence-corrected chi connectivity index (χ4v) is 7.63. The zero-order valence-corrected chi connectivity index (χ0v) is 26.0. The molecule has 0 saturated carbocycles. The maximum atomic E-state index is 12.6. The molecule has 2 N–H and O–H groups in total. The molecule has 0 fully saturated rings. The van der Waals surface area contributed by atoms with Gasteiger partial charge >= 0.3 is 0 Å². The molecule has 0 heterocycles. The van der Waals surface area contributed by atoms with Crippen molar-refractivity contribution in [2.75, 3.05) is 0 Å². The summed E-state index contributed by atoms with van der Waals surface area (Å²) in [5, 5.41) is 0. The van der Waals surface area contributed by atoms with Crippen LogP contribution in [-0.2, 0) is 33.1 Å². The lowest BCUT2D eigenvalue weighted by Gasteiger charge is -2.24. The van der Waals surface area contributed by atoms with Crippen LogP contribution >= 0.6 is 0 Å². The Hall–Kier alpha value is -0.960. The fraction of sp³-hybridized carbons (Fsp3) is 0.800. The second kappa shape index (κ2) is 18.4. The molecule has 0 radical (unpaired) electrons. The smallest absolute Gasteiger partial charge is 0.282 e. The Balaban J connectivity index is 3.55. The van der Waals surface area contributed by atoms with Gasteiger partial charge in [-0.1, -0.05) is 136 Å². The lowest BCUT2D eigenvalue weighted by molar-refractivity contribution is 0.393. The maximum absolute atomic E-state index is 12.6. The zero-order chi connectivity index (χ0) is 28.6. The molecule has 38 heavy (non-hydrogen) atoms. The third kappa shape index (κ3) is 12.9. The van der Waals surface area contributed by atoms with Crippen LogP contribution in [0.4, 0.5) is 0 Å². The molecule has 222 valence electrons. The summed E-state index contributed by atoms with van der Waals surface area (Å²) in [5.74, 6) is 0.538. The Kier molecular flexibility index (Phi) is 17.0. The lowest BCUT2D eigenvalue weighted by Crippen LogP contribution is -2.18. The van der Waals surface area contributed by atoms with E-state index in [1.807, 2.05) is 0 Å². The van der Waals surface area contributed by atoms with Gasteiger partial charge in [0, 0.05) is 0 Å². The van der Waals surface area contributed by atoms with Crippen LogP contribution < -0.4 is 0 Å². The minimum absolute atomic E-state index is 0.182. The van der Waals surface area contributed by atoms with Crippen molar-refractivity contribution >= 4 is 20.2 Å². The van der Waals surface area contributed by atoms with Gasteiger partial charge in [-0.3, -0.25) is 9.11 Å². The average molecular weight is 575 g/mol. The summed E-state index contributed by atoms with van der Waals surface area (Å²) in [6, 6.07) is 2.83. The number of hydrogen-bond acceptors (Lipinski definition) is 4. The zero-order valence-electron chi connectivity index (χ0n) is 24.4. The van der Waals surface area contributed by atoms with Crippen molar-refractivity contribution in [2.45, 2.75) is 153 Å². The Bertz CT molecular complexity index is 1000. The molecule has 0 saturated heterocycles. The molecular formula is C30H54O6S2. The van der Waals surface area contributed by atoms with E-state index in [1.54, 1.807) is 6.07 Å². The number of rotatable bonds is 22. The highest BCUT2D eigenvalue weighted by Crippen LogP contribution is 2.35. The van der Waals surface area contributed by atoms with Gasteiger partial charge in [0.2, 0.25) is 0 Å². The summed E-state index contributed by atoms with van der Waals surface area (Å²) >= 11 is 0. The summed E-state index contributed by atoms with van der Waals surface area (Å²) in [6.45, 7) is 8.63. The molecular weight excluding hydrogens is 520 g/mol. The van der Waals surface area contributed by atoms with Crippen LogP contribution in [0.25, 0.3) is 0 Å². The van der Waals surface area contributed by atoms with E-state index < -0.39 is 30.0 Å². The van der Waals surface area contributed by atoms with Crippen LogP contribution in [0.2, 0.25) is 0 Å². The predicted molar refractivity (Wildman–Crippen MR) is 157 cm³/mol. The molecule has 0 bridgehead atoms. The monoisotopic (exact) mass is 574 g/mol. The second-order valence-electron chi connectivity index (χ2n) is 11.1. The minimum Gasteiger partial charge on any atom is -0.282 e. The van der Waals surface area contributed by atoms with Gasteiger partial charge in [0.15, 0.2) is 0 Å². The highest BCUT2D eigenvalue weighted by Gasteiger charge is 2.31. The fourth-order valence-electron chi connectivity index (χ4n) is 5.55. The molecule has 0 aliphatic heterocycles. The third-order valence-electron chi connectivity index (χ3n) is 7.72. The standard InChI is InChI=1S/C30H54O6S2/c1-5-9-13-15-19-25(17-11-7-3)23-27-21-22-29(37(31,32)33)30(38(34,35)36)28(27)24-26(18-12-8-4)20-16-14-10-6-2/h21-22,25-26H,5-20,23-24H2,1-4H3,(H,31,32,33)(H,34,35,36). The van der Waals surface area contributed by atoms with Gasteiger partial charge in [0.05, 0.1) is 0 Å². The van der Waals surface area contributed by atoms with Crippen LogP contribution in [0.15, 0.2) is 21.9 Å². The second-order valence-corrected chi connectivity index (χ2v) is 13.9. The maximum Gasteiger partial charge on any atom is 0.296 e. The first-order valence-electron chi connectivity index (χ1n) is 15.1. The minimum atomic E-state index is -4.88. The highest BCUT2D eigenvalue weighted by molar-refractivity contribution is 7.89. The first kappa shape index (κ1) is 35.1. The Morgan fingerprint density at radius 3 is 1.45 bits per heavy atom. The Labute approximate surface area is 233 Å². The molecule has 6 nitrogen and oxygen atoms in total. The summed E-state index contributed by atoms with van der Waals surface area (Å²) < 4.78 is 69.9. The Morgan fingerprint density at radius 2 is 1.03 bits per heavy atom. The van der Waals surface area contributed by atoms with Crippen molar-refractivity contribution in [3.8, 4) is 0 Å². The number of unbranched alkanes of at least 4 members (excludes halogenated alkanes) is 8. The van der Waals surface area contributed by atoms with Crippen LogP contribution in [-0.4, -0.2) is 25.9 Å². The number of hydrogen-bond donors (Lipinski definition) is 2. The molecule has 1 aromatic carbocycles. The first-order valence-corrected chi connectivity index (χ1v) is 18.0. The van der Waals surface area contributed by atoms with E-state index in [0.717, 1.165) is 102 Å². The molecule has 1 aromatic rings. The van der Waals surface area contributed by atoms with Crippen molar-refractivity contribution in [3.05, 3.63) is 23.3 Å². The molecule has 2 atom stereocenters. The van der Waals surface area contributed by atoms with Gasteiger partial charge < -0.3 is 0 Å². The van der Waals surface area contributed by atoms with Crippen molar-refractivity contribution in [1.29, 1.82) is 0 Å². The van der Waals surface area contributed by atoms with E-state index >= 15 is 0 Å². The quantitative estimate of drug-likeness (QED) is 0.106. The van der Waals surface area contributed by atoms with Crippen LogP contribution in [0.5, 0.6) is 0 Å². The van der Waals surface area contributed by atoms with Crippen molar-refractivity contribution in [2.24, 2.45) is 11.8 Å². The summed E-state index contributed by atoms with van der Waals surface area (Å²) in [4.78, 5) is -1.33. The van der Waals surface area contributed by atoms with Crippen molar-refractivity contribution in [1.82, 2.24) is 0 Å². The van der Waals surface area contributed by atoms with E-state index in [9.17, 15) is 25.9 Å². The van der Waals surface area contributed by atoms with Gasteiger partial charge in [0.25, 0.3) is 20.2 Å². The molecule has 8 heteroatoms. The van der Waals surface area contributed by atoms with E-state index in [2.05, 4.69) is 27.7 Å². The number of benzene rings is 1. The summed E-state index contributed by atoms with van der Waals surface area (Å²) in [7, 11) is -9.72. The van der Waals surface area contributed by atoms with Gasteiger partial charge in [-0.15, -0.1) is 0 Å². The predicted octanol–water partition coefficient (Wildman–Crippen LogP) is 8.82. The van der Waals surface area contributed by atoms with E-state index in [-0.39, 0.29) is 5.92 Å². The lowest BCUT2D eigenvalue weighted by atomic mass is 9.83. The van der Waals surface area contributed by atoms with Gasteiger partial charge in [-0.05, 0) is 41.9 Å². The van der Waals surface area contributed by atoms with E-state index in [1.165, 1.54) is 12.8 Å². The van der Waals surface area contributed by atoms with Crippen molar-refractivity contribution in [3.63, 3.8) is 0 Å². The van der Waals surface area contributed by atoms with Crippen LogP contribution in [0.3, 0.4) is 0 Å².